The summed E-state index contributed by atoms with van der Waals surface area (Å²) in [5.74, 6) is 0.872. The Labute approximate surface area is 246 Å². The third-order valence-electron chi connectivity index (χ3n) is 6.77. The summed E-state index contributed by atoms with van der Waals surface area (Å²) in [6.45, 7) is 7.96. The van der Waals surface area contributed by atoms with Gasteiger partial charge in [-0.15, -0.1) is 0 Å². The summed E-state index contributed by atoms with van der Waals surface area (Å²) < 4.78 is 38.0. The minimum absolute atomic E-state index is 0.185. The second kappa shape index (κ2) is 12.6. The van der Waals surface area contributed by atoms with E-state index in [4.69, 9.17) is 21.1 Å². The number of piperidine rings is 1. The Hall–Kier alpha value is -3.41. The molecule has 0 unspecified atom stereocenters. The van der Waals surface area contributed by atoms with Crippen LogP contribution in [0.25, 0.3) is 0 Å². The van der Waals surface area contributed by atoms with Gasteiger partial charge < -0.3 is 20.1 Å². The molecule has 220 valence electrons. The molecule has 1 saturated heterocycles. The van der Waals surface area contributed by atoms with Crippen LogP contribution in [0.2, 0.25) is 5.02 Å². The van der Waals surface area contributed by atoms with E-state index in [-0.39, 0.29) is 28.2 Å². The third-order valence-corrected chi connectivity index (χ3v) is 7.67. The van der Waals surface area contributed by atoms with Gasteiger partial charge in [-0.2, -0.15) is 0 Å². The van der Waals surface area contributed by atoms with E-state index in [1.807, 2.05) is 20.8 Å². The molecule has 1 aliphatic rings. The largest absolute Gasteiger partial charge is 0.492 e. The molecule has 1 amide bonds. The molecule has 0 radical (unpaired) electrons. The van der Waals surface area contributed by atoms with Crippen molar-refractivity contribution in [3.8, 4) is 17.4 Å². The summed E-state index contributed by atoms with van der Waals surface area (Å²) in [5.41, 5.74) is 2.15. The second-order valence-corrected chi connectivity index (χ2v) is 13.3. The number of methoxy groups -OCH3 is 1. The zero-order valence-electron chi connectivity index (χ0n) is 23.9. The lowest BCUT2D eigenvalue weighted by Crippen LogP contribution is -2.28. The van der Waals surface area contributed by atoms with Crippen molar-refractivity contribution in [2.24, 2.45) is 5.92 Å². The van der Waals surface area contributed by atoms with Crippen LogP contribution >= 0.6 is 11.6 Å². The molecule has 41 heavy (non-hydrogen) atoms. The number of ether oxygens (including phenoxy) is 2. The van der Waals surface area contributed by atoms with Crippen molar-refractivity contribution in [3.05, 3.63) is 64.6 Å². The molecular formula is C29H36ClN5O5S. The van der Waals surface area contributed by atoms with Crippen LogP contribution in [0.3, 0.4) is 0 Å². The van der Waals surface area contributed by atoms with Gasteiger partial charge in [0, 0.05) is 17.3 Å². The SMILES string of the molecule is COc1c(NC(=O)c2ccc(Cl)c(Oc3cc(CC4CCNCC4)ncn3)c2)cc(C(C)(C)C)cc1NS(C)(=O)=O. The Bertz CT molecular complexity index is 1520. The number of carbonyl (C=O) groups is 1. The molecule has 0 spiro atoms. The van der Waals surface area contributed by atoms with Gasteiger partial charge in [-0.3, -0.25) is 9.52 Å². The Balaban J connectivity index is 1.58. The molecule has 10 nitrogen and oxygen atoms in total. The summed E-state index contributed by atoms with van der Waals surface area (Å²) in [5, 5.41) is 6.53. The lowest BCUT2D eigenvalue weighted by atomic mass is 9.86. The van der Waals surface area contributed by atoms with Gasteiger partial charge in [-0.25, -0.2) is 18.4 Å². The monoisotopic (exact) mass is 601 g/mol. The van der Waals surface area contributed by atoms with Crippen LogP contribution in [0.1, 0.15) is 55.2 Å². The second-order valence-electron chi connectivity index (χ2n) is 11.2. The molecule has 0 atom stereocenters. The molecule has 1 aliphatic heterocycles. The number of halogens is 1. The van der Waals surface area contributed by atoms with Crippen LogP contribution in [0.4, 0.5) is 11.4 Å². The van der Waals surface area contributed by atoms with E-state index in [0.717, 1.165) is 49.9 Å². The number of hydrogen-bond acceptors (Lipinski definition) is 8. The minimum atomic E-state index is -3.61. The van der Waals surface area contributed by atoms with Crippen LogP contribution in [0.5, 0.6) is 17.4 Å². The van der Waals surface area contributed by atoms with Crippen LogP contribution < -0.4 is 24.8 Å². The fourth-order valence-electron chi connectivity index (χ4n) is 4.61. The number of rotatable bonds is 9. The van der Waals surface area contributed by atoms with Gasteiger partial charge in [0.1, 0.15) is 12.1 Å². The molecule has 1 aromatic heterocycles. The van der Waals surface area contributed by atoms with Crippen molar-refractivity contribution in [3.63, 3.8) is 0 Å². The zero-order chi connectivity index (χ0) is 29.8. The fourth-order valence-corrected chi connectivity index (χ4v) is 5.31. The number of aromatic nitrogens is 2. The molecular weight excluding hydrogens is 566 g/mol. The predicted molar refractivity (Wildman–Crippen MR) is 161 cm³/mol. The van der Waals surface area contributed by atoms with Gasteiger partial charge in [0.15, 0.2) is 5.75 Å². The highest BCUT2D eigenvalue weighted by molar-refractivity contribution is 7.92. The van der Waals surface area contributed by atoms with Crippen LogP contribution in [-0.2, 0) is 21.9 Å². The van der Waals surface area contributed by atoms with Crippen molar-refractivity contribution in [2.45, 2.75) is 45.4 Å². The van der Waals surface area contributed by atoms with Crippen LogP contribution in [0, 0.1) is 5.92 Å². The van der Waals surface area contributed by atoms with E-state index >= 15 is 0 Å². The summed E-state index contributed by atoms with van der Waals surface area (Å²) in [4.78, 5) is 22.0. The summed E-state index contributed by atoms with van der Waals surface area (Å²) >= 11 is 6.42. The van der Waals surface area contributed by atoms with E-state index in [1.54, 1.807) is 30.3 Å². The average molecular weight is 602 g/mol. The number of nitrogens with one attached hydrogen (secondary N) is 3. The number of anilines is 2. The fraction of sp³-hybridized carbons (Fsp3) is 0.414. The summed E-state index contributed by atoms with van der Waals surface area (Å²) in [6.07, 6.45) is 5.55. The molecule has 2 aromatic carbocycles. The van der Waals surface area contributed by atoms with Gasteiger partial charge in [-0.05, 0) is 79.6 Å². The molecule has 0 aliphatic carbocycles. The van der Waals surface area contributed by atoms with Crippen molar-refractivity contribution in [2.75, 3.05) is 36.5 Å². The number of sulfonamides is 1. The molecule has 4 rings (SSSR count). The standard InChI is InChI=1S/C29H36ClN5O5S/c1-29(2,3)20-14-23(27(39-4)24(15-20)35-41(5,37)38)34-28(36)19-6-7-22(30)25(13-19)40-26-16-21(32-17-33-26)12-18-8-10-31-11-9-18/h6-7,13-18,31,35H,8-12H2,1-5H3,(H,34,36). The van der Waals surface area contributed by atoms with E-state index in [1.165, 1.54) is 19.5 Å². The van der Waals surface area contributed by atoms with Gasteiger partial charge in [0.2, 0.25) is 15.9 Å². The van der Waals surface area contributed by atoms with Crippen molar-refractivity contribution in [1.29, 1.82) is 0 Å². The van der Waals surface area contributed by atoms with Crippen molar-refractivity contribution < 1.29 is 22.7 Å². The molecule has 1 fully saturated rings. The normalized spacial score (nSPS) is 14.4. The Morgan fingerprint density at radius 1 is 1.10 bits per heavy atom. The van der Waals surface area contributed by atoms with Gasteiger partial charge in [-0.1, -0.05) is 32.4 Å². The maximum Gasteiger partial charge on any atom is 0.255 e. The van der Waals surface area contributed by atoms with Crippen LogP contribution in [0.15, 0.2) is 42.7 Å². The van der Waals surface area contributed by atoms with Gasteiger partial charge >= 0.3 is 0 Å². The van der Waals surface area contributed by atoms with Crippen LogP contribution in [-0.4, -0.2) is 50.7 Å². The number of amides is 1. The Kier molecular flexibility index (Phi) is 9.41. The third kappa shape index (κ3) is 8.31. The van der Waals surface area contributed by atoms with E-state index in [0.29, 0.717) is 22.5 Å². The molecule has 0 saturated carbocycles. The Morgan fingerprint density at radius 2 is 1.80 bits per heavy atom. The predicted octanol–water partition coefficient (Wildman–Crippen LogP) is 5.39. The first-order valence-electron chi connectivity index (χ1n) is 13.3. The molecule has 2 heterocycles. The molecule has 12 heteroatoms. The minimum Gasteiger partial charge on any atom is -0.492 e. The van der Waals surface area contributed by atoms with E-state index in [9.17, 15) is 13.2 Å². The maximum atomic E-state index is 13.4. The topological polar surface area (TPSA) is 132 Å². The van der Waals surface area contributed by atoms with Gasteiger partial charge in [0.05, 0.1) is 29.8 Å². The molecule has 0 bridgehead atoms. The molecule has 3 aromatic rings. The number of nitrogens with zero attached hydrogens (tertiary/aromatic N) is 2. The first-order valence-corrected chi connectivity index (χ1v) is 15.6. The quantitative estimate of drug-likeness (QED) is 0.297. The lowest BCUT2D eigenvalue weighted by molar-refractivity contribution is 0.102. The average Bonchev–Trinajstić information content (AvgIpc) is 2.89. The van der Waals surface area contributed by atoms with Crippen molar-refractivity contribution >= 4 is 38.9 Å². The number of carbonyl (C=O) groups excluding carboxylic acids is 1. The molecule has 3 N–H and O–H groups in total. The lowest BCUT2D eigenvalue weighted by Gasteiger charge is -2.24. The van der Waals surface area contributed by atoms with Crippen molar-refractivity contribution in [1.82, 2.24) is 15.3 Å². The summed E-state index contributed by atoms with van der Waals surface area (Å²) in [6, 6.07) is 9.94. The van der Waals surface area contributed by atoms with E-state index in [2.05, 4.69) is 25.3 Å². The number of benzene rings is 2. The smallest absolute Gasteiger partial charge is 0.255 e. The summed E-state index contributed by atoms with van der Waals surface area (Å²) in [7, 11) is -2.20. The highest BCUT2D eigenvalue weighted by atomic mass is 35.5. The van der Waals surface area contributed by atoms with E-state index < -0.39 is 15.9 Å². The highest BCUT2D eigenvalue weighted by Crippen LogP contribution is 2.39. The zero-order valence-corrected chi connectivity index (χ0v) is 25.4. The van der Waals surface area contributed by atoms with Gasteiger partial charge in [0.25, 0.3) is 5.91 Å². The first-order chi connectivity index (χ1) is 19.3. The Morgan fingerprint density at radius 3 is 2.46 bits per heavy atom. The highest BCUT2D eigenvalue weighted by Gasteiger charge is 2.23. The first kappa shape index (κ1) is 30.5. The maximum absolute atomic E-state index is 13.4. The number of hydrogen-bond donors (Lipinski definition) is 3.